The van der Waals surface area contributed by atoms with Gasteiger partial charge in [0.2, 0.25) is 0 Å². The lowest BCUT2D eigenvalue weighted by molar-refractivity contribution is 0.239. The van der Waals surface area contributed by atoms with Crippen molar-refractivity contribution in [2.75, 3.05) is 51.2 Å². The van der Waals surface area contributed by atoms with Crippen LogP contribution >= 0.6 is 15.9 Å². The fourth-order valence-corrected chi connectivity index (χ4v) is 2.56. The van der Waals surface area contributed by atoms with E-state index in [4.69, 9.17) is 0 Å². The topological polar surface area (TPSA) is 18.5 Å². The molecule has 1 saturated heterocycles. The quantitative estimate of drug-likeness (QED) is 0.899. The molecule has 18 heavy (non-hydrogen) atoms. The maximum absolute atomic E-state index is 3.47. The first-order valence-electron chi connectivity index (χ1n) is 6.65. The van der Waals surface area contributed by atoms with E-state index in [0.717, 1.165) is 24.1 Å². The maximum Gasteiger partial charge on any atom is 0.0364 e. The van der Waals surface area contributed by atoms with Gasteiger partial charge in [-0.1, -0.05) is 15.9 Å². The summed E-state index contributed by atoms with van der Waals surface area (Å²) in [5.74, 6) is 0. The molecule has 0 amide bonds. The van der Waals surface area contributed by atoms with Gasteiger partial charge in [-0.15, -0.1) is 0 Å². The fraction of sp³-hybridized carbons (Fsp3) is 0.571. The summed E-state index contributed by atoms with van der Waals surface area (Å²) in [6.45, 7) is 7.00. The van der Waals surface area contributed by atoms with Crippen LogP contribution in [0.1, 0.15) is 6.42 Å². The van der Waals surface area contributed by atoms with E-state index in [2.05, 4.69) is 62.4 Å². The molecule has 0 unspecified atom stereocenters. The fourth-order valence-electron chi connectivity index (χ4n) is 2.29. The summed E-state index contributed by atoms with van der Waals surface area (Å²) in [4.78, 5) is 4.88. The molecule has 0 atom stereocenters. The number of nitrogens with zero attached hydrogens (tertiary/aromatic N) is 2. The molecule has 1 heterocycles. The Bertz CT molecular complexity index is 347. The molecule has 4 heteroatoms. The number of hydrogen-bond donors (Lipinski definition) is 1. The molecular formula is C14H22BrN3. The van der Waals surface area contributed by atoms with Crippen LogP contribution < -0.4 is 10.2 Å². The summed E-state index contributed by atoms with van der Waals surface area (Å²) in [5.41, 5.74) is 1.29. The third-order valence-electron chi connectivity index (χ3n) is 3.44. The Kier molecular flexibility index (Phi) is 5.47. The van der Waals surface area contributed by atoms with Gasteiger partial charge in [0.15, 0.2) is 0 Å². The van der Waals surface area contributed by atoms with E-state index in [-0.39, 0.29) is 0 Å². The van der Waals surface area contributed by atoms with Gasteiger partial charge in [-0.2, -0.15) is 0 Å². The van der Waals surface area contributed by atoms with E-state index in [1.54, 1.807) is 0 Å². The predicted octanol–water partition coefficient (Wildman–Crippen LogP) is 2.18. The third-order valence-corrected chi connectivity index (χ3v) is 3.97. The molecule has 1 fully saturated rings. The van der Waals surface area contributed by atoms with Gasteiger partial charge in [0.05, 0.1) is 0 Å². The van der Waals surface area contributed by atoms with Crippen LogP contribution in [0, 0.1) is 0 Å². The third kappa shape index (κ3) is 4.26. The zero-order valence-electron chi connectivity index (χ0n) is 11.0. The van der Waals surface area contributed by atoms with Crippen molar-refractivity contribution in [3.63, 3.8) is 0 Å². The maximum atomic E-state index is 3.47. The molecule has 100 valence electrons. The second-order valence-electron chi connectivity index (χ2n) is 4.84. The van der Waals surface area contributed by atoms with Crippen LogP contribution in [0.15, 0.2) is 28.7 Å². The highest BCUT2D eigenvalue weighted by Gasteiger charge is 2.09. The zero-order chi connectivity index (χ0) is 12.8. The number of piperazine rings is 1. The van der Waals surface area contributed by atoms with Gasteiger partial charge in [0.1, 0.15) is 0 Å². The molecule has 1 aromatic carbocycles. The van der Waals surface area contributed by atoms with E-state index >= 15 is 0 Å². The van der Waals surface area contributed by atoms with Crippen LogP contribution in [-0.2, 0) is 0 Å². The summed E-state index contributed by atoms with van der Waals surface area (Å²) < 4.78 is 1.14. The van der Waals surface area contributed by atoms with Crippen LogP contribution in [0.4, 0.5) is 5.69 Å². The molecular weight excluding hydrogens is 290 g/mol. The largest absolute Gasteiger partial charge is 0.375 e. The van der Waals surface area contributed by atoms with Crippen LogP contribution in [0.25, 0.3) is 0 Å². The molecule has 2 rings (SSSR count). The van der Waals surface area contributed by atoms with Gasteiger partial charge < -0.3 is 15.1 Å². The van der Waals surface area contributed by atoms with E-state index in [9.17, 15) is 0 Å². The van der Waals surface area contributed by atoms with Crippen molar-refractivity contribution in [2.24, 2.45) is 0 Å². The molecule has 1 N–H and O–H groups in total. The van der Waals surface area contributed by atoms with Crippen LogP contribution in [0.5, 0.6) is 0 Å². The van der Waals surface area contributed by atoms with E-state index < -0.39 is 0 Å². The Hall–Kier alpha value is -0.580. The Balaban J connectivity index is 1.70. The van der Waals surface area contributed by atoms with Crippen LogP contribution in [0.2, 0.25) is 0 Å². The van der Waals surface area contributed by atoms with Crippen molar-refractivity contribution < 1.29 is 0 Å². The minimum Gasteiger partial charge on any atom is -0.375 e. The monoisotopic (exact) mass is 311 g/mol. The highest BCUT2D eigenvalue weighted by molar-refractivity contribution is 9.10. The summed E-state index contributed by atoms with van der Waals surface area (Å²) in [6, 6.07) is 8.52. The first-order valence-corrected chi connectivity index (χ1v) is 7.45. The summed E-state index contributed by atoms with van der Waals surface area (Å²) >= 11 is 3.47. The Morgan fingerprint density at radius 1 is 1.22 bits per heavy atom. The molecule has 0 spiro atoms. The Morgan fingerprint density at radius 2 is 1.89 bits per heavy atom. The summed E-state index contributed by atoms with van der Waals surface area (Å²) in [6.07, 6.45) is 1.23. The number of hydrogen-bond acceptors (Lipinski definition) is 3. The standard InChI is InChI=1S/C14H22BrN3/c1-17(14-5-3-13(15)4-6-14)9-2-10-18-11-7-16-8-12-18/h3-6,16H,2,7-12H2,1H3. The number of nitrogens with one attached hydrogen (secondary N) is 1. The number of halogens is 1. The van der Waals surface area contributed by atoms with Crippen molar-refractivity contribution in [2.45, 2.75) is 6.42 Å². The van der Waals surface area contributed by atoms with Crippen molar-refractivity contribution in [1.82, 2.24) is 10.2 Å². The first kappa shape index (κ1) is 13.8. The Morgan fingerprint density at radius 3 is 2.56 bits per heavy atom. The lowest BCUT2D eigenvalue weighted by Crippen LogP contribution is -2.44. The molecule has 3 nitrogen and oxygen atoms in total. The van der Waals surface area contributed by atoms with Crippen molar-refractivity contribution in [1.29, 1.82) is 0 Å². The molecule has 0 radical (unpaired) electrons. The second-order valence-corrected chi connectivity index (χ2v) is 5.76. The van der Waals surface area contributed by atoms with Gasteiger partial charge in [-0.25, -0.2) is 0 Å². The predicted molar refractivity (Wildman–Crippen MR) is 81.3 cm³/mol. The number of anilines is 1. The average Bonchev–Trinajstić information content (AvgIpc) is 2.40. The van der Waals surface area contributed by atoms with Crippen molar-refractivity contribution >= 4 is 21.6 Å². The van der Waals surface area contributed by atoms with Crippen molar-refractivity contribution in [3.05, 3.63) is 28.7 Å². The van der Waals surface area contributed by atoms with Gasteiger partial charge in [0, 0.05) is 49.9 Å². The van der Waals surface area contributed by atoms with Gasteiger partial charge >= 0.3 is 0 Å². The second kappa shape index (κ2) is 7.12. The van der Waals surface area contributed by atoms with Crippen LogP contribution in [0.3, 0.4) is 0 Å². The van der Waals surface area contributed by atoms with E-state index in [1.807, 2.05) is 0 Å². The van der Waals surface area contributed by atoms with Gasteiger partial charge in [-0.05, 0) is 37.2 Å². The summed E-state index contributed by atoms with van der Waals surface area (Å²) in [7, 11) is 2.17. The minimum absolute atomic E-state index is 1.12. The molecule has 1 aliphatic heterocycles. The van der Waals surface area contributed by atoms with E-state index in [1.165, 1.54) is 31.7 Å². The lowest BCUT2D eigenvalue weighted by atomic mass is 10.2. The van der Waals surface area contributed by atoms with Gasteiger partial charge in [-0.3, -0.25) is 0 Å². The summed E-state index contributed by atoms with van der Waals surface area (Å²) in [5, 5.41) is 3.39. The zero-order valence-corrected chi connectivity index (χ0v) is 12.6. The van der Waals surface area contributed by atoms with Crippen molar-refractivity contribution in [3.8, 4) is 0 Å². The molecule has 0 saturated carbocycles. The molecule has 1 aliphatic rings. The molecule has 0 bridgehead atoms. The number of benzene rings is 1. The first-order chi connectivity index (χ1) is 8.75. The smallest absolute Gasteiger partial charge is 0.0364 e. The highest BCUT2D eigenvalue weighted by atomic mass is 79.9. The SMILES string of the molecule is CN(CCCN1CCNCC1)c1ccc(Br)cc1. The Labute approximate surface area is 118 Å². The highest BCUT2D eigenvalue weighted by Crippen LogP contribution is 2.17. The molecule has 0 aromatic heterocycles. The minimum atomic E-state index is 1.12. The molecule has 0 aliphatic carbocycles. The average molecular weight is 312 g/mol. The number of rotatable bonds is 5. The van der Waals surface area contributed by atoms with E-state index in [0.29, 0.717) is 0 Å². The molecule has 1 aromatic rings. The normalized spacial score (nSPS) is 16.8. The van der Waals surface area contributed by atoms with Crippen LogP contribution in [-0.4, -0.2) is 51.2 Å². The lowest BCUT2D eigenvalue weighted by Gasteiger charge is -2.28. The van der Waals surface area contributed by atoms with Gasteiger partial charge in [0.25, 0.3) is 0 Å².